The van der Waals surface area contributed by atoms with Crippen molar-refractivity contribution in [3.05, 3.63) is 64.6 Å². The van der Waals surface area contributed by atoms with E-state index < -0.39 is 0 Å². The third kappa shape index (κ3) is 2.66. The highest BCUT2D eigenvalue weighted by atomic mass is 32.1. The Morgan fingerprint density at radius 1 is 1.29 bits per heavy atom. The smallest absolute Gasteiger partial charge is 0.260 e. The van der Waals surface area contributed by atoms with Crippen molar-refractivity contribution < 1.29 is 4.79 Å². The number of aromatic amines is 1. The van der Waals surface area contributed by atoms with Crippen molar-refractivity contribution in [3.8, 4) is 0 Å². The number of hydrogen-bond donors (Lipinski definition) is 2. The summed E-state index contributed by atoms with van der Waals surface area (Å²) in [6.07, 6.45) is 3.65. The molecule has 28 heavy (non-hydrogen) atoms. The second-order valence-corrected chi connectivity index (χ2v) is 7.48. The van der Waals surface area contributed by atoms with Crippen molar-refractivity contribution in [2.75, 3.05) is 10.6 Å². The summed E-state index contributed by atoms with van der Waals surface area (Å²) in [5.74, 6) is 0.599. The normalized spacial score (nSPS) is 15.0. The minimum atomic E-state index is -0.114. The average molecular weight is 388 g/mol. The van der Waals surface area contributed by atoms with E-state index in [4.69, 9.17) is 5.73 Å². The van der Waals surface area contributed by atoms with Gasteiger partial charge >= 0.3 is 0 Å². The molecule has 1 aromatic carbocycles. The topological polar surface area (TPSA) is 101 Å². The van der Waals surface area contributed by atoms with Crippen LogP contribution in [0.5, 0.6) is 0 Å². The number of aryl methyl sites for hydroxylation is 1. The molecule has 0 atom stereocenters. The van der Waals surface area contributed by atoms with Gasteiger partial charge in [0.05, 0.1) is 39.1 Å². The Bertz CT molecular complexity index is 1240. The number of benzene rings is 1. The van der Waals surface area contributed by atoms with Crippen molar-refractivity contribution in [2.45, 2.75) is 13.5 Å². The average Bonchev–Trinajstić information content (AvgIpc) is 3.39. The number of rotatable bonds is 3. The van der Waals surface area contributed by atoms with Crippen LogP contribution in [0.3, 0.4) is 0 Å². The van der Waals surface area contributed by atoms with Gasteiger partial charge in [0.2, 0.25) is 5.95 Å². The van der Waals surface area contributed by atoms with Gasteiger partial charge in [0.1, 0.15) is 5.82 Å². The van der Waals surface area contributed by atoms with Crippen LogP contribution in [0.4, 0.5) is 11.8 Å². The van der Waals surface area contributed by atoms with E-state index in [2.05, 4.69) is 26.0 Å². The number of hydrogen-bond acceptors (Lipinski definition) is 6. The second-order valence-electron chi connectivity index (χ2n) is 6.60. The van der Waals surface area contributed by atoms with E-state index in [0.29, 0.717) is 23.6 Å². The van der Waals surface area contributed by atoms with Crippen molar-refractivity contribution >= 4 is 50.9 Å². The van der Waals surface area contributed by atoms with Crippen LogP contribution in [0.15, 0.2) is 42.0 Å². The lowest BCUT2D eigenvalue weighted by atomic mass is 10.1. The Kier molecular flexibility index (Phi) is 3.73. The van der Waals surface area contributed by atoms with Gasteiger partial charge in [0, 0.05) is 11.9 Å². The Hall–Kier alpha value is -3.52. The summed E-state index contributed by atoms with van der Waals surface area (Å²) in [5, 5.41) is 0. The third-order valence-corrected chi connectivity index (χ3v) is 5.54. The number of carbonyl (C=O) groups is 1. The molecule has 0 fully saturated rings. The molecule has 3 N–H and O–H groups in total. The van der Waals surface area contributed by atoms with Crippen molar-refractivity contribution in [3.63, 3.8) is 0 Å². The van der Waals surface area contributed by atoms with Crippen molar-refractivity contribution in [2.24, 2.45) is 0 Å². The number of thiazole rings is 1. The molecular formula is C20H16N6OS. The second kappa shape index (κ2) is 6.28. The quantitative estimate of drug-likeness (QED) is 0.524. The summed E-state index contributed by atoms with van der Waals surface area (Å²) in [6, 6.07) is 9.82. The fourth-order valence-corrected chi connectivity index (χ4v) is 4.23. The number of nitrogens with one attached hydrogen (secondary N) is 1. The summed E-state index contributed by atoms with van der Waals surface area (Å²) >= 11 is 1.58. The fraction of sp³-hybridized carbons (Fsp3) is 0.100. The number of nitrogens with zero attached hydrogens (tertiary/aromatic N) is 4. The molecule has 0 unspecified atom stereocenters. The molecule has 3 aromatic heterocycles. The van der Waals surface area contributed by atoms with E-state index in [1.807, 2.05) is 49.0 Å². The Balaban J connectivity index is 1.61. The highest BCUT2D eigenvalue weighted by molar-refractivity contribution is 7.16. The van der Waals surface area contributed by atoms with Gasteiger partial charge in [0.25, 0.3) is 5.91 Å². The van der Waals surface area contributed by atoms with E-state index in [-0.39, 0.29) is 11.9 Å². The lowest BCUT2D eigenvalue weighted by Gasteiger charge is -2.16. The summed E-state index contributed by atoms with van der Waals surface area (Å²) in [4.78, 5) is 31.0. The van der Waals surface area contributed by atoms with E-state index in [9.17, 15) is 4.79 Å². The van der Waals surface area contributed by atoms with E-state index in [1.54, 1.807) is 16.2 Å². The van der Waals surface area contributed by atoms with Crippen LogP contribution in [0.1, 0.15) is 22.5 Å². The van der Waals surface area contributed by atoms with Crippen LogP contribution in [0, 0.1) is 6.92 Å². The first kappa shape index (κ1) is 16.6. The molecule has 0 saturated heterocycles. The Labute approximate surface area is 164 Å². The van der Waals surface area contributed by atoms with E-state index >= 15 is 0 Å². The van der Waals surface area contributed by atoms with Gasteiger partial charge in [-0.3, -0.25) is 9.69 Å². The SMILES string of the molecule is Cc1nc(N)nc2c1/C(=C/c1ccc[nH]1)C(=O)N2Cc1ccc2ncsc2c1. The van der Waals surface area contributed by atoms with Gasteiger partial charge < -0.3 is 10.7 Å². The van der Waals surface area contributed by atoms with E-state index in [1.165, 1.54) is 0 Å². The standard InChI is InChI=1S/C20H16N6OS/c1-11-17-14(8-13-3-2-6-22-13)19(27)26(18(17)25-20(21)24-11)9-12-4-5-15-16(7-12)28-10-23-15/h2-8,10,22H,9H2,1H3,(H2,21,24,25)/b14-8-. The number of anilines is 2. The van der Waals surface area contributed by atoms with Crippen LogP contribution in [-0.4, -0.2) is 25.8 Å². The number of amides is 1. The summed E-state index contributed by atoms with van der Waals surface area (Å²) in [7, 11) is 0. The lowest BCUT2D eigenvalue weighted by molar-refractivity contribution is -0.113. The molecule has 0 bridgehead atoms. The zero-order valence-corrected chi connectivity index (χ0v) is 15.8. The van der Waals surface area contributed by atoms with Crippen LogP contribution in [0.25, 0.3) is 21.9 Å². The molecule has 4 heterocycles. The molecule has 8 heteroatoms. The van der Waals surface area contributed by atoms with Gasteiger partial charge in [-0.25, -0.2) is 9.97 Å². The molecule has 138 valence electrons. The molecule has 0 spiro atoms. The monoisotopic (exact) mass is 388 g/mol. The van der Waals surface area contributed by atoms with Crippen molar-refractivity contribution in [1.29, 1.82) is 0 Å². The fourth-order valence-electron chi connectivity index (χ4n) is 3.49. The zero-order chi connectivity index (χ0) is 19.3. The first-order valence-corrected chi connectivity index (χ1v) is 9.61. The summed E-state index contributed by atoms with van der Waals surface area (Å²) in [5.41, 5.74) is 12.5. The number of nitrogens with two attached hydrogens (primary N) is 1. The van der Waals surface area contributed by atoms with Gasteiger partial charge in [-0.05, 0) is 42.8 Å². The van der Waals surface area contributed by atoms with Gasteiger partial charge in [-0.2, -0.15) is 4.98 Å². The molecule has 7 nitrogen and oxygen atoms in total. The maximum Gasteiger partial charge on any atom is 0.260 e. The number of fused-ring (bicyclic) bond motifs is 2. The molecule has 4 aromatic rings. The summed E-state index contributed by atoms with van der Waals surface area (Å²) in [6.45, 7) is 2.25. The Morgan fingerprint density at radius 2 is 2.18 bits per heavy atom. The van der Waals surface area contributed by atoms with Crippen molar-refractivity contribution in [1.82, 2.24) is 19.9 Å². The molecule has 5 rings (SSSR count). The predicted octanol–water partition coefficient (Wildman–Crippen LogP) is 3.39. The van der Waals surface area contributed by atoms with E-state index in [0.717, 1.165) is 27.0 Å². The van der Waals surface area contributed by atoms with Gasteiger partial charge in [-0.15, -0.1) is 11.3 Å². The summed E-state index contributed by atoms with van der Waals surface area (Å²) < 4.78 is 1.09. The lowest BCUT2D eigenvalue weighted by Crippen LogP contribution is -2.26. The maximum atomic E-state index is 13.3. The van der Waals surface area contributed by atoms with Gasteiger partial charge in [-0.1, -0.05) is 6.07 Å². The Morgan fingerprint density at radius 3 is 3.00 bits per heavy atom. The van der Waals surface area contributed by atoms with Crippen LogP contribution in [-0.2, 0) is 11.3 Å². The highest BCUT2D eigenvalue weighted by Gasteiger charge is 2.36. The predicted molar refractivity (Wildman–Crippen MR) is 111 cm³/mol. The van der Waals surface area contributed by atoms with Gasteiger partial charge in [0.15, 0.2) is 0 Å². The molecule has 0 aliphatic carbocycles. The highest BCUT2D eigenvalue weighted by Crippen LogP contribution is 2.39. The molecular weight excluding hydrogens is 372 g/mol. The minimum Gasteiger partial charge on any atom is -0.368 e. The minimum absolute atomic E-state index is 0.114. The number of H-pyrrole nitrogens is 1. The number of carbonyl (C=O) groups excluding carboxylic acids is 1. The zero-order valence-electron chi connectivity index (χ0n) is 15.0. The first-order chi connectivity index (χ1) is 13.6. The molecule has 1 aliphatic heterocycles. The first-order valence-electron chi connectivity index (χ1n) is 8.74. The van der Waals surface area contributed by atoms with Crippen LogP contribution < -0.4 is 10.6 Å². The third-order valence-electron chi connectivity index (χ3n) is 4.75. The number of nitrogen functional groups attached to an aromatic ring is 1. The molecule has 0 saturated carbocycles. The van der Waals surface area contributed by atoms with Crippen LogP contribution >= 0.6 is 11.3 Å². The largest absolute Gasteiger partial charge is 0.368 e. The molecule has 1 amide bonds. The number of aromatic nitrogens is 4. The van der Waals surface area contributed by atoms with Crippen LogP contribution in [0.2, 0.25) is 0 Å². The molecule has 1 aliphatic rings. The maximum absolute atomic E-state index is 13.3. The molecule has 0 radical (unpaired) electrons.